The van der Waals surface area contributed by atoms with Crippen LogP contribution in [0.5, 0.6) is 0 Å². The van der Waals surface area contributed by atoms with Gasteiger partial charge < -0.3 is 4.90 Å². The molecule has 0 aliphatic carbocycles. The molecule has 1 aliphatic rings. The van der Waals surface area contributed by atoms with Gasteiger partial charge in [0.15, 0.2) is 0 Å². The van der Waals surface area contributed by atoms with Gasteiger partial charge in [-0.25, -0.2) is 8.42 Å². The topological polar surface area (TPSA) is 40.6 Å². The number of benzene rings is 1. The fourth-order valence-electron chi connectivity index (χ4n) is 2.48. The highest BCUT2D eigenvalue weighted by molar-refractivity contribution is 7.89. The largest absolute Gasteiger partial charge is 0.301 e. The summed E-state index contributed by atoms with van der Waals surface area (Å²) in [6.07, 6.45) is 0. The third kappa shape index (κ3) is 2.72. The Labute approximate surface area is 126 Å². The molecule has 20 heavy (non-hydrogen) atoms. The minimum absolute atomic E-state index is 0.0566. The number of likely N-dealkylation sites (N-methyl/N-ethyl adjacent to an activating group) is 1. The summed E-state index contributed by atoms with van der Waals surface area (Å²) >= 11 is 6.06. The van der Waals surface area contributed by atoms with Gasteiger partial charge >= 0.3 is 0 Å². The Hall–Kier alpha value is -0.620. The van der Waals surface area contributed by atoms with E-state index in [4.69, 9.17) is 11.6 Å². The van der Waals surface area contributed by atoms with E-state index in [2.05, 4.69) is 11.8 Å². The lowest BCUT2D eigenvalue weighted by molar-refractivity contribution is 0.109. The minimum atomic E-state index is -3.48. The van der Waals surface area contributed by atoms with Crippen molar-refractivity contribution < 1.29 is 8.42 Å². The predicted molar refractivity (Wildman–Crippen MR) is 81.6 cm³/mol. The molecule has 1 aliphatic heterocycles. The van der Waals surface area contributed by atoms with Crippen molar-refractivity contribution >= 4 is 21.6 Å². The first-order chi connectivity index (χ1) is 9.25. The highest BCUT2D eigenvalue weighted by Crippen LogP contribution is 2.27. The number of rotatable bonds is 2. The van der Waals surface area contributed by atoms with Gasteiger partial charge in [0.2, 0.25) is 10.0 Å². The van der Waals surface area contributed by atoms with Gasteiger partial charge in [0.1, 0.15) is 0 Å². The lowest BCUT2D eigenvalue weighted by atomic mass is 10.1. The van der Waals surface area contributed by atoms with Crippen molar-refractivity contribution in [1.29, 1.82) is 0 Å². The number of halogens is 1. The number of nitrogens with zero attached hydrogens (tertiary/aromatic N) is 2. The average molecular weight is 317 g/mol. The predicted octanol–water partition coefficient (Wildman–Crippen LogP) is 2.36. The van der Waals surface area contributed by atoms with Crippen molar-refractivity contribution in [1.82, 2.24) is 9.21 Å². The maximum absolute atomic E-state index is 12.8. The van der Waals surface area contributed by atoms with Gasteiger partial charge in [-0.2, -0.15) is 4.31 Å². The maximum Gasteiger partial charge on any atom is 0.243 e. The van der Waals surface area contributed by atoms with Gasteiger partial charge in [-0.1, -0.05) is 17.7 Å². The second-order valence-corrected chi connectivity index (χ2v) is 7.79. The Bertz CT molecular complexity index is 603. The molecule has 1 fully saturated rings. The van der Waals surface area contributed by atoms with Gasteiger partial charge in [-0.05, 0) is 45.5 Å². The van der Waals surface area contributed by atoms with Crippen molar-refractivity contribution in [2.45, 2.75) is 37.8 Å². The van der Waals surface area contributed by atoms with Crippen LogP contribution in [0.3, 0.4) is 0 Å². The van der Waals surface area contributed by atoms with Crippen LogP contribution < -0.4 is 0 Å². The summed E-state index contributed by atoms with van der Waals surface area (Å²) in [5, 5.41) is 0.487. The zero-order valence-corrected chi connectivity index (χ0v) is 13.9. The molecule has 1 heterocycles. The minimum Gasteiger partial charge on any atom is -0.301 e. The van der Waals surface area contributed by atoms with Crippen molar-refractivity contribution in [3.05, 3.63) is 28.8 Å². The van der Waals surface area contributed by atoms with Crippen LogP contribution in [0.25, 0.3) is 0 Å². The number of hydrogen-bond acceptors (Lipinski definition) is 3. The van der Waals surface area contributed by atoms with Crippen molar-refractivity contribution in [2.75, 3.05) is 20.1 Å². The normalized spacial score (nSPS) is 25.9. The van der Waals surface area contributed by atoms with Crippen LogP contribution in [0.4, 0.5) is 0 Å². The Balaban J connectivity index is 2.37. The lowest BCUT2D eigenvalue weighted by Crippen LogP contribution is -2.57. The summed E-state index contributed by atoms with van der Waals surface area (Å²) in [6, 6.07) is 5.06. The van der Waals surface area contributed by atoms with E-state index in [9.17, 15) is 8.42 Å². The van der Waals surface area contributed by atoms with Crippen LogP contribution >= 0.6 is 11.6 Å². The van der Waals surface area contributed by atoms with Crippen LogP contribution in [-0.4, -0.2) is 49.8 Å². The first-order valence-corrected chi connectivity index (χ1v) is 8.55. The molecule has 0 aromatic heterocycles. The molecule has 0 bridgehead atoms. The van der Waals surface area contributed by atoms with Crippen LogP contribution in [-0.2, 0) is 10.0 Å². The zero-order valence-electron chi connectivity index (χ0n) is 12.3. The zero-order chi connectivity index (χ0) is 15.1. The standard InChI is InChI=1S/C14H21ClN2O2S/c1-10-5-6-13(9-14(10)15)20(18,19)17-8-7-16(4)11(2)12(17)3/h5-6,9,11-12H,7-8H2,1-4H3/t11-,12-/m0/s1. The van der Waals surface area contributed by atoms with Gasteiger partial charge in [0, 0.05) is 30.2 Å². The first kappa shape index (κ1) is 15.8. The Kier molecular flexibility index (Phi) is 4.44. The van der Waals surface area contributed by atoms with Gasteiger partial charge in [-0.3, -0.25) is 0 Å². The summed E-state index contributed by atoms with van der Waals surface area (Å²) in [6.45, 7) is 7.11. The molecule has 0 radical (unpaired) electrons. The molecular formula is C14H21ClN2O2S. The molecule has 6 heteroatoms. The molecule has 1 aromatic rings. The number of aryl methyl sites for hydroxylation is 1. The molecule has 1 saturated heterocycles. The third-order valence-corrected chi connectivity index (χ3v) is 6.66. The highest BCUT2D eigenvalue weighted by Gasteiger charge is 2.36. The Morgan fingerprint density at radius 2 is 1.85 bits per heavy atom. The second-order valence-electron chi connectivity index (χ2n) is 5.49. The summed E-state index contributed by atoms with van der Waals surface area (Å²) in [7, 11) is -1.46. The molecule has 0 N–H and O–H groups in total. The monoisotopic (exact) mass is 316 g/mol. The molecule has 1 aromatic carbocycles. The van der Waals surface area contributed by atoms with Crippen molar-refractivity contribution in [2.24, 2.45) is 0 Å². The molecule has 0 unspecified atom stereocenters. The summed E-state index contributed by atoms with van der Waals surface area (Å²) in [4.78, 5) is 2.45. The first-order valence-electron chi connectivity index (χ1n) is 6.73. The van der Waals surface area contributed by atoms with E-state index in [1.807, 2.05) is 20.9 Å². The van der Waals surface area contributed by atoms with E-state index in [0.29, 0.717) is 11.6 Å². The van der Waals surface area contributed by atoms with E-state index >= 15 is 0 Å². The Morgan fingerprint density at radius 1 is 1.20 bits per heavy atom. The summed E-state index contributed by atoms with van der Waals surface area (Å²) in [5.41, 5.74) is 0.880. The fourth-order valence-corrected chi connectivity index (χ4v) is 4.44. The molecule has 0 spiro atoms. The lowest BCUT2D eigenvalue weighted by Gasteiger charge is -2.42. The van der Waals surface area contributed by atoms with Crippen LogP contribution in [0, 0.1) is 6.92 Å². The average Bonchev–Trinajstić information content (AvgIpc) is 2.38. The maximum atomic E-state index is 12.8. The second kappa shape index (κ2) is 5.64. The molecule has 0 saturated carbocycles. The molecular weight excluding hydrogens is 296 g/mol. The van der Waals surface area contributed by atoms with Crippen molar-refractivity contribution in [3.8, 4) is 0 Å². The van der Waals surface area contributed by atoms with Crippen molar-refractivity contribution in [3.63, 3.8) is 0 Å². The SMILES string of the molecule is Cc1ccc(S(=O)(=O)N2CCN(C)[C@@H](C)[C@@H]2C)cc1Cl. The Morgan fingerprint density at radius 3 is 2.45 bits per heavy atom. The number of piperazine rings is 1. The van der Waals surface area contributed by atoms with E-state index in [1.54, 1.807) is 22.5 Å². The van der Waals surface area contributed by atoms with Gasteiger partial charge in [0.25, 0.3) is 0 Å². The van der Waals surface area contributed by atoms with E-state index in [0.717, 1.165) is 12.1 Å². The molecule has 4 nitrogen and oxygen atoms in total. The third-order valence-electron chi connectivity index (χ3n) is 4.27. The quantitative estimate of drug-likeness (QED) is 0.841. The molecule has 2 atom stereocenters. The van der Waals surface area contributed by atoms with Crippen LogP contribution in [0.2, 0.25) is 5.02 Å². The highest BCUT2D eigenvalue weighted by atomic mass is 35.5. The smallest absolute Gasteiger partial charge is 0.243 e. The van der Waals surface area contributed by atoms with Crippen LogP contribution in [0.1, 0.15) is 19.4 Å². The molecule has 112 valence electrons. The number of sulfonamides is 1. The van der Waals surface area contributed by atoms with E-state index in [1.165, 1.54) is 0 Å². The summed E-state index contributed by atoms with van der Waals surface area (Å²) < 4.78 is 27.1. The molecule has 2 rings (SSSR count). The fraction of sp³-hybridized carbons (Fsp3) is 0.571. The van der Waals surface area contributed by atoms with E-state index < -0.39 is 10.0 Å². The van der Waals surface area contributed by atoms with Gasteiger partial charge in [-0.15, -0.1) is 0 Å². The van der Waals surface area contributed by atoms with E-state index in [-0.39, 0.29) is 17.0 Å². The van der Waals surface area contributed by atoms with Gasteiger partial charge in [0.05, 0.1) is 4.90 Å². The summed E-state index contributed by atoms with van der Waals surface area (Å²) in [5.74, 6) is 0. The van der Waals surface area contributed by atoms with Crippen LogP contribution in [0.15, 0.2) is 23.1 Å². The molecule has 0 amide bonds. The number of hydrogen-bond donors (Lipinski definition) is 0.